The first-order chi connectivity index (χ1) is 6.59. The van der Waals surface area contributed by atoms with Crippen LogP contribution in [0.1, 0.15) is 16.1 Å². The molecular formula is C9H6N2O3. The molecule has 0 unspecified atom stereocenters. The topological polar surface area (TPSA) is 93.3 Å². The number of carboxylic acid groups (broad SMARTS) is 1. The van der Waals surface area contributed by atoms with Crippen molar-refractivity contribution in [2.24, 2.45) is 5.73 Å². The number of hydrogen-bond donors (Lipinski definition) is 2. The molecule has 0 saturated carbocycles. The zero-order valence-corrected chi connectivity index (χ0v) is 7.02. The fourth-order valence-electron chi connectivity index (χ4n) is 0.759. The molecule has 0 atom stereocenters. The molecule has 1 rings (SSSR count). The summed E-state index contributed by atoms with van der Waals surface area (Å²) in [6.07, 6.45) is 1.30. The molecule has 0 bridgehead atoms. The molecule has 14 heavy (non-hydrogen) atoms. The molecule has 0 aliphatic carbocycles. The molecule has 70 valence electrons. The zero-order valence-electron chi connectivity index (χ0n) is 7.02. The Hall–Kier alpha value is -2.35. The highest BCUT2D eigenvalue weighted by Crippen LogP contribution is 1.99. The molecule has 1 amide bonds. The molecule has 0 spiro atoms. The smallest absolute Gasteiger partial charge is 0.354 e. The summed E-state index contributed by atoms with van der Waals surface area (Å²) >= 11 is 0. The third-order valence-electron chi connectivity index (χ3n) is 1.31. The minimum Gasteiger partial charge on any atom is -0.477 e. The number of hydrogen-bond acceptors (Lipinski definition) is 3. The lowest BCUT2D eigenvalue weighted by molar-refractivity contribution is -0.112. The molecule has 5 nitrogen and oxygen atoms in total. The summed E-state index contributed by atoms with van der Waals surface area (Å²) in [6.45, 7) is 0. The second-order valence-corrected chi connectivity index (χ2v) is 2.35. The van der Waals surface area contributed by atoms with Crippen molar-refractivity contribution in [1.82, 2.24) is 4.98 Å². The number of pyridine rings is 1. The number of aromatic nitrogens is 1. The molecule has 0 aliphatic heterocycles. The van der Waals surface area contributed by atoms with E-state index in [1.54, 1.807) is 0 Å². The predicted octanol–water partition coefficient (Wildman–Crippen LogP) is -0.383. The fourth-order valence-corrected chi connectivity index (χ4v) is 0.759. The standard InChI is InChI=1S/C9H6N2O3/c10-8(12)2-1-6-3-4-11-7(5-6)9(13)14/h3-5H,(H2,10,12)(H,13,14). The van der Waals surface area contributed by atoms with E-state index in [2.05, 4.69) is 16.8 Å². The fraction of sp³-hybridized carbons (Fsp3) is 0. The van der Waals surface area contributed by atoms with Crippen LogP contribution in [0.3, 0.4) is 0 Å². The molecule has 0 aromatic carbocycles. The maximum atomic E-state index is 10.5. The normalized spacial score (nSPS) is 8.57. The Morgan fingerprint density at radius 1 is 1.50 bits per heavy atom. The Labute approximate surface area is 79.6 Å². The lowest BCUT2D eigenvalue weighted by Crippen LogP contribution is -2.06. The van der Waals surface area contributed by atoms with Crippen molar-refractivity contribution in [3.63, 3.8) is 0 Å². The van der Waals surface area contributed by atoms with E-state index in [1.165, 1.54) is 18.3 Å². The van der Waals surface area contributed by atoms with Gasteiger partial charge >= 0.3 is 5.97 Å². The van der Waals surface area contributed by atoms with Crippen LogP contribution < -0.4 is 5.73 Å². The molecule has 0 fully saturated rings. The second-order valence-electron chi connectivity index (χ2n) is 2.35. The summed E-state index contributed by atoms with van der Waals surface area (Å²) in [4.78, 5) is 24.4. The van der Waals surface area contributed by atoms with Crippen LogP contribution in [0.4, 0.5) is 0 Å². The third-order valence-corrected chi connectivity index (χ3v) is 1.31. The van der Waals surface area contributed by atoms with E-state index in [-0.39, 0.29) is 5.69 Å². The Morgan fingerprint density at radius 2 is 2.21 bits per heavy atom. The number of rotatable bonds is 1. The van der Waals surface area contributed by atoms with Crippen LogP contribution in [0.15, 0.2) is 18.3 Å². The zero-order chi connectivity index (χ0) is 10.6. The van der Waals surface area contributed by atoms with Gasteiger partial charge in [0.1, 0.15) is 5.69 Å². The molecule has 1 heterocycles. The SMILES string of the molecule is NC(=O)C#Cc1ccnc(C(=O)O)c1. The Bertz CT molecular complexity index is 443. The van der Waals surface area contributed by atoms with Crippen molar-refractivity contribution in [3.8, 4) is 11.8 Å². The van der Waals surface area contributed by atoms with Crippen LogP contribution in [0.25, 0.3) is 0 Å². The van der Waals surface area contributed by atoms with Crippen molar-refractivity contribution in [2.45, 2.75) is 0 Å². The summed E-state index contributed by atoms with van der Waals surface area (Å²) < 4.78 is 0. The number of nitrogens with two attached hydrogens (primary N) is 1. The van der Waals surface area contributed by atoms with Gasteiger partial charge in [-0.1, -0.05) is 5.92 Å². The predicted molar refractivity (Wildman–Crippen MR) is 47.3 cm³/mol. The lowest BCUT2D eigenvalue weighted by Gasteiger charge is -1.92. The minimum atomic E-state index is -1.15. The quantitative estimate of drug-likeness (QED) is 0.590. The number of carboxylic acids is 1. The number of amides is 1. The Balaban J connectivity index is 3.02. The van der Waals surface area contributed by atoms with Gasteiger partial charge in [0.2, 0.25) is 0 Å². The summed E-state index contributed by atoms with van der Waals surface area (Å²) in [5, 5.41) is 8.58. The highest BCUT2D eigenvalue weighted by molar-refractivity contribution is 5.92. The highest BCUT2D eigenvalue weighted by Gasteiger charge is 2.03. The first-order valence-corrected chi connectivity index (χ1v) is 3.60. The second kappa shape index (κ2) is 4.05. The van der Waals surface area contributed by atoms with Gasteiger partial charge < -0.3 is 10.8 Å². The van der Waals surface area contributed by atoms with Crippen molar-refractivity contribution in [1.29, 1.82) is 0 Å². The maximum Gasteiger partial charge on any atom is 0.354 e. The van der Waals surface area contributed by atoms with E-state index < -0.39 is 11.9 Å². The van der Waals surface area contributed by atoms with Gasteiger partial charge in [0.15, 0.2) is 0 Å². The Kier molecular flexibility index (Phi) is 2.82. The largest absolute Gasteiger partial charge is 0.477 e. The van der Waals surface area contributed by atoms with Gasteiger partial charge in [-0.15, -0.1) is 0 Å². The van der Waals surface area contributed by atoms with Crippen LogP contribution in [0.2, 0.25) is 0 Å². The molecule has 0 radical (unpaired) electrons. The summed E-state index contributed by atoms with van der Waals surface area (Å²) in [7, 11) is 0. The highest BCUT2D eigenvalue weighted by atomic mass is 16.4. The molecule has 3 N–H and O–H groups in total. The average Bonchev–Trinajstić information content (AvgIpc) is 2.15. The molecule has 1 aromatic heterocycles. The number of nitrogens with zero attached hydrogens (tertiary/aromatic N) is 1. The van der Waals surface area contributed by atoms with Crippen molar-refractivity contribution < 1.29 is 14.7 Å². The van der Waals surface area contributed by atoms with Crippen molar-refractivity contribution >= 4 is 11.9 Å². The molecule has 0 aliphatic rings. The molecular weight excluding hydrogens is 184 g/mol. The lowest BCUT2D eigenvalue weighted by atomic mass is 10.2. The van der Waals surface area contributed by atoms with Gasteiger partial charge in [0.05, 0.1) is 0 Å². The Morgan fingerprint density at radius 3 is 2.79 bits per heavy atom. The van der Waals surface area contributed by atoms with Gasteiger partial charge in [-0.05, 0) is 18.1 Å². The van der Waals surface area contributed by atoms with Gasteiger partial charge in [0, 0.05) is 11.8 Å². The summed E-state index contributed by atoms with van der Waals surface area (Å²) in [5.41, 5.74) is 5.06. The minimum absolute atomic E-state index is 0.124. The summed E-state index contributed by atoms with van der Waals surface area (Å²) in [6, 6.07) is 2.75. The van der Waals surface area contributed by atoms with E-state index in [9.17, 15) is 9.59 Å². The first-order valence-electron chi connectivity index (χ1n) is 3.60. The van der Waals surface area contributed by atoms with Gasteiger partial charge in [0.25, 0.3) is 5.91 Å². The number of primary amides is 1. The van der Waals surface area contributed by atoms with E-state index in [4.69, 9.17) is 10.8 Å². The number of carbonyl (C=O) groups is 2. The van der Waals surface area contributed by atoms with E-state index in [1.807, 2.05) is 0 Å². The molecule has 0 saturated heterocycles. The van der Waals surface area contributed by atoms with Crippen LogP contribution in [-0.4, -0.2) is 22.0 Å². The van der Waals surface area contributed by atoms with Gasteiger partial charge in [-0.25, -0.2) is 9.78 Å². The maximum absolute atomic E-state index is 10.5. The van der Waals surface area contributed by atoms with Crippen molar-refractivity contribution in [2.75, 3.05) is 0 Å². The molecule has 1 aromatic rings. The van der Waals surface area contributed by atoms with Crippen molar-refractivity contribution in [3.05, 3.63) is 29.6 Å². The molecule has 5 heteroatoms. The number of carbonyl (C=O) groups excluding carboxylic acids is 1. The van der Waals surface area contributed by atoms with Crippen LogP contribution in [-0.2, 0) is 4.79 Å². The van der Waals surface area contributed by atoms with Crippen LogP contribution in [0.5, 0.6) is 0 Å². The first kappa shape index (κ1) is 9.74. The van der Waals surface area contributed by atoms with Gasteiger partial charge in [-0.3, -0.25) is 4.79 Å². The average molecular weight is 190 g/mol. The number of aromatic carboxylic acids is 1. The van der Waals surface area contributed by atoms with E-state index >= 15 is 0 Å². The monoisotopic (exact) mass is 190 g/mol. The van der Waals surface area contributed by atoms with E-state index in [0.29, 0.717) is 5.56 Å². The summed E-state index contributed by atoms with van der Waals surface area (Å²) in [5.74, 6) is 2.60. The van der Waals surface area contributed by atoms with Crippen LogP contribution >= 0.6 is 0 Å². The van der Waals surface area contributed by atoms with E-state index in [0.717, 1.165) is 0 Å². The van der Waals surface area contributed by atoms with Crippen LogP contribution in [0, 0.1) is 11.8 Å². The third kappa shape index (κ3) is 2.60. The van der Waals surface area contributed by atoms with Gasteiger partial charge in [-0.2, -0.15) is 0 Å².